The summed E-state index contributed by atoms with van der Waals surface area (Å²) < 4.78 is 0. The van der Waals surface area contributed by atoms with Crippen LogP contribution in [0.15, 0.2) is 29.4 Å². The maximum Gasteiger partial charge on any atom is 0.220 e. The molecule has 2 aromatic rings. The van der Waals surface area contributed by atoms with Crippen molar-refractivity contribution in [1.82, 2.24) is 15.3 Å². The van der Waals surface area contributed by atoms with Crippen LogP contribution < -0.4 is 5.32 Å². The van der Waals surface area contributed by atoms with Crippen molar-refractivity contribution < 1.29 is 4.79 Å². The van der Waals surface area contributed by atoms with Crippen molar-refractivity contribution in [2.45, 2.75) is 44.8 Å². The first kappa shape index (κ1) is 18.7. The molecule has 0 saturated heterocycles. The first-order chi connectivity index (χ1) is 11.4. The fourth-order valence-corrected chi connectivity index (χ4v) is 3.23. The molecule has 0 fully saturated rings. The highest BCUT2D eigenvalue weighted by Crippen LogP contribution is 2.19. The van der Waals surface area contributed by atoms with Crippen molar-refractivity contribution in [3.8, 4) is 0 Å². The summed E-state index contributed by atoms with van der Waals surface area (Å²) in [5.41, 5.74) is 3.94. The molecule has 0 aliphatic rings. The van der Waals surface area contributed by atoms with E-state index >= 15 is 0 Å². The van der Waals surface area contributed by atoms with E-state index in [1.807, 2.05) is 51.3 Å². The second-order valence-electron chi connectivity index (χ2n) is 5.70. The highest BCUT2D eigenvalue weighted by molar-refractivity contribution is 7.98. The van der Waals surface area contributed by atoms with Gasteiger partial charge in [-0.25, -0.2) is 9.97 Å². The third kappa shape index (κ3) is 4.95. The number of rotatable bonds is 6. The minimum atomic E-state index is -0.0755. The molecule has 0 aliphatic carbocycles. The van der Waals surface area contributed by atoms with Crippen molar-refractivity contribution in [3.05, 3.63) is 51.8 Å². The van der Waals surface area contributed by atoms with Gasteiger partial charge in [-0.2, -0.15) is 0 Å². The van der Waals surface area contributed by atoms with Crippen LogP contribution in [0.2, 0.25) is 5.02 Å². The standard InChI is InChI=1S/C18H22ClN3OS/c1-11(14-6-5-7-15(19)10-14)20-17(23)9-8-16-12(2)21-18(24-4)22-13(16)3/h5-7,10-11H,8-9H2,1-4H3,(H,20,23). The number of nitrogens with one attached hydrogen (secondary N) is 1. The lowest BCUT2D eigenvalue weighted by molar-refractivity contribution is -0.121. The lowest BCUT2D eigenvalue weighted by Crippen LogP contribution is -2.27. The largest absolute Gasteiger partial charge is 0.350 e. The van der Waals surface area contributed by atoms with Gasteiger partial charge in [-0.3, -0.25) is 4.79 Å². The predicted octanol–water partition coefficient (Wildman–Crippen LogP) is 4.28. The first-order valence-electron chi connectivity index (χ1n) is 7.83. The first-order valence-corrected chi connectivity index (χ1v) is 9.44. The zero-order chi connectivity index (χ0) is 17.7. The number of hydrogen-bond donors (Lipinski definition) is 1. The van der Waals surface area contributed by atoms with E-state index in [1.165, 1.54) is 11.8 Å². The molecule has 2 rings (SSSR count). The number of carbonyl (C=O) groups is 1. The van der Waals surface area contributed by atoms with E-state index in [9.17, 15) is 4.79 Å². The van der Waals surface area contributed by atoms with Gasteiger partial charge >= 0.3 is 0 Å². The number of aromatic nitrogens is 2. The predicted molar refractivity (Wildman–Crippen MR) is 99.6 cm³/mol. The summed E-state index contributed by atoms with van der Waals surface area (Å²) in [5.74, 6) is 0.00946. The van der Waals surface area contributed by atoms with Gasteiger partial charge in [0, 0.05) is 22.8 Å². The summed E-state index contributed by atoms with van der Waals surface area (Å²) in [6.07, 6.45) is 3.01. The van der Waals surface area contributed by atoms with E-state index in [0.717, 1.165) is 27.7 Å². The minimum absolute atomic E-state index is 0.00946. The van der Waals surface area contributed by atoms with Gasteiger partial charge < -0.3 is 5.32 Å². The van der Waals surface area contributed by atoms with Gasteiger partial charge in [0.15, 0.2) is 5.16 Å². The van der Waals surface area contributed by atoms with Gasteiger partial charge in [-0.05, 0) is 56.7 Å². The maximum atomic E-state index is 12.2. The third-order valence-electron chi connectivity index (χ3n) is 3.91. The topological polar surface area (TPSA) is 54.9 Å². The number of benzene rings is 1. The summed E-state index contributed by atoms with van der Waals surface area (Å²) in [6, 6.07) is 7.46. The van der Waals surface area contributed by atoms with Crippen LogP contribution in [0.4, 0.5) is 0 Å². The molecule has 1 aromatic heterocycles. The Labute approximate surface area is 152 Å². The molecule has 0 radical (unpaired) electrons. The lowest BCUT2D eigenvalue weighted by Gasteiger charge is -2.15. The van der Waals surface area contributed by atoms with Gasteiger partial charge in [0.2, 0.25) is 5.91 Å². The van der Waals surface area contributed by atoms with Crippen LogP contribution in [0.3, 0.4) is 0 Å². The number of amides is 1. The summed E-state index contributed by atoms with van der Waals surface area (Å²) in [6.45, 7) is 5.89. The Morgan fingerprint density at radius 2 is 1.96 bits per heavy atom. The molecule has 0 aliphatic heterocycles. The highest BCUT2D eigenvalue weighted by Gasteiger charge is 2.13. The molecule has 4 nitrogen and oxygen atoms in total. The number of aryl methyl sites for hydroxylation is 2. The normalized spacial score (nSPS) is 12.0. The number of halogens is 1. The van der Waals surface area contributed by atoms with E-state index in [4.69, 9.17) is 11.6 Å². The van der Waals surface area contributed by atoms with E-state index in [0.29, 0.717) is 17.9 Å². The van der Waals surface area contributed by atoms with Crippen molar-refractivity contribution in [2.75, 3.05) is 6.26 Å². The van der Waals surface area contributed by atoms with Crippen molar-refractivity contribution in [1.29, 1.82) is 0 Å². The molecular formula is C18H22ClN3OS. The molecule has 1 heterocycles. The van der Waals surface area contributed by atoms with E-state index < -0.39 is 0 Å². The molecule has 1 atom stereocenters. The highest BCUT2D eigenvalue weighted by atomic mass is 35.5. The Bertz CT molecular complexity index is 713. The maximum absolute atomic E-state index is 12.2. The quantitative estimate of drug-likeness (QED) is 0.614. The lowest BCUT2D eigenvalue weighted by atomic mass is 10.1. The van der Waals surface area contributed by atoms with Crippen LogP contribution in [-0.2, 0) is 11.2 Å². The van der Waals surface area contributed by atoms with Crippen molar-refractivity contribution in [2.24, 2.45) is 0 Å². The van der Waals surface area contributed by atoms with Crippen LogP contribution in [0, 0.1) is 13.8 Å². The van der Waals surface area contributed by atoms with Crippen LogP contribution >= 0.6 is 23.4 Å². The SMILES string of the molecule is CSc1nc(C)c(CCC(=O)NC(C)c2cccc(Cl)c2)c(C)n1. The van der Waals surface area contributed by atoms with Gasteiger partial charge in [0.25, 0.3) is 0 Å². The van der Waals surface area contributed by atoms with Crippen LogP contribution in [0.25, 0.3) is 0 Å². The smallest absolute Gasteiger partial charge is 0.220 e. The molecule has 24 heavy (non-hydrogen) atoms. The van der Waals surface area contributed by atoms with E-state index in [2.05, 4.69) is 15.3 Å². The molecule has 6 heteroatoms. The number of carbonyl (C=O) groups excluding carboxylic acids is 1. The second kappa shape index (κ2) is 8.49. The molecule has 1 N–H and O–H groups in total. The number of nitrogens with zero attached hydrogens (tertiary/aromatic N) is 2. The Morgan fingerprint density at radius 1 is 1.29 bits per heavy atom. The Kier molecular flexibility index (Phi) is 6.63. The van der Waals surface area contributed by atoms with Gasteiger partial charge in [-0.15, -0.1) is 0 Å². The number of hydrogen-bond acceptors (Lipinski definition) is 4. The molecule has 1 aromatic carbocycles. The zero-order valence-electron chi connectivity index (χ0n) is 14.4. The summed E-state index contributed by atoms with van der Waals surface area (Å²) >= 11 is 7.52. The zero-order valence-corrected chi connectivity index (χ0v) is 16.0. The fraction of sp³-hybridized carbons (Fsp3) is 0.389. The molecule has 128 valence electrons. The van der Waals surface area contributed by atoms with Gasteiger partial charge in [0.1, 0.15) is 0 Å². The van der Waals surface area contributed by atoms with Gasteiger partial charge in [0.05, 0.1) is 6.04 Å². The summed E-state index contributed by atoms with van der Waals surface area (Å²) in [5, 5.41) is 4.46. The van der Waals surface area contributed by atoms with Crippen LogP contribution in [0.5, 0.6) is 0 Å². The second-order valence-corrected chi connectivity index (χ2v) is 6.91. The monoisotopic (exact) mass is 363 g/mol. The molecule has 0 saturated carbocycles. The van der Waals surface area contributed by atoms with Crippen LogP contribution in [-0.4, -0.2) is 22.1 Å². The van der Waals surface area contributed by atoms with Crippen molar-refractivity contribution in [3.63, 3.8) is 0 Å². The average Bonchev–Trinajstić information content (AvgIpc) is 2.53. The van der Waals surface area contributed by atoms with E-state index in [-0.39, 0.29) is 11.9 Å². The minimum Gasteiger partial charge on any atom is -0.350 e. The molecular weight excluding hydrogens is 342 g/mol. The fourth-order valence-electron chi connectivity index (χ4n) is 2.57. The van der Waals surface area contributed by atoms with Crippen LogP contribution in [0.1, 0.15) is 41.9 Å². The Balaban J connectivity index is 1.96. The van der Waals surface area contributed by atoms with E-state index in [1.54, 1.807) is 0 Å². The third-order valence-corrected chi connectivity index (χ3v) is 4.69. The molecule has 0 spiro atoms. The molecule has 0 bridgehead atoms. The molecule has 1 amide bonds. The molecule has 1 unspecified atom stereocenters. The Hall–Kier alpha value is -1.59. The van der Waals surface area contributed by atoms with Gasteiger partial charge in [-0.1, -0.05) is 35.5 Å². The average molecular weight is 364 g/mol. The summed E-state index contributed by atoms with van der Waals surface area (Å²) in [7, 11) is 0. The Morgan fingerprint density at radius 3 is 2.54 bits per heavy atom. The number of thioether (sulfide) groups is 1. The summed E-state index contributed by atoms with van der Waals surface area (Å²) in [4.78, 5) is 21.1. The van der Waals surface area contributed by atoms with Crippen molar-refractivity contribution >= 4 is 29.3 Å².